The van der Waals surface area contributed by atoms with E-state index in [9.17, 15) is 14.4 Å². The Labute approximate surface area is 198 Å². The molecule has 7 nitrogen and oxygen atoms in total. The molecule has 3 atom stereocenters. The fourth-order valence-corrected chi connectivity index (χ4v) is 5.22. The summed E-state index contributed by atoms with van der Waals surface area (Å²) >= 11 is 0. The molecular weight excluding hydrogens is 411 g/mol. The van der Waals surface area contributed by atoms with Crippen molar-refractivity contribution in [3.05, 3.63) is 0 Å². The fraction of sp³-hybridized carbons (Fsp3) is 0.833. The molecule has 0 aromatic carbocycles. The maximum Gasteiger partial charge on any atom is 0.322 e. The van der Waals surface area contributed by atoms with Gasteiger partial charge in [-0.25, -0.2) is 0 Å². The van der Waals surface area contributed by atoms with E-state index in [-0.39, 0.29) is 41.1 Å². The Hall–Kier alpha value is 0.230. The van der Waals surface area contributed by atoms with E-state index in [0.29, 0.717) is 6.42 Å². The number of ketones is 1. The van der Waals surface area contributed by atoms with E-state index in [2.05, 4.69) is 6.92 Å². The Kier molecular flexibility index (Phi) is 20.9. The van der Waals surface area contributed by atoms with E-state index in [1.54, 1.807) is 0 Å². The van der Waals surface area contributed by atoms with Crippen LogP contribution in [0.4, 0.5) is 0 Å². The van der Waals surface area contributed by atoms with Crippen LogP contribution in [0.2, 0.25) is 0 Å². The van der Waals surface area contributed by atoms with Crippen molar-refractivity contribution in [2.24, 2.45) is 11.5 Å². The first kappa shape index (κ1) is 30.4. The molecule has 0 rings (SSSR count). The van der Waals surface area contributed by atoms with Crippen molar-refractivity contribution in [3.63, 3.8) is 0 Å². The zero-order valence-electron chi connectivity index (χ0n) is 17.1. The number of carbonyl (C=O) groups is 3. The molecule has 0 spiro atoms. The van der Waals surface area contributed by atoms with Crippen molar-refractivity contribution in [3.8, 4) is 0 Å². The van der Waals surface area contributed by atoms with Crippen LogP contribution in [0.1, 0.15) is 71.1 Å². The summed E-state index contributed by atoms with van der Waals surface area (Å²) < 4.78 is 0. The van der Waals surface area contributed by atoms with Gasteiger partial charge in [-0.2, -0.15) is 0 Å². The minimum atomic E-state index is -1.31. The van der Waals surface area contributed by atoms with Crippen LogP contribution < -0.4 is 11.5 Å². The third kappa shape index (κ3) is 15.1. The summed E-state index contributed by atoms with van der Waals surface area (Å²) in [6.45, 7) is 2.19. The quantitative estimate of drug-likeness (QED) is 0.142. The SMILES string of the molecule is CCCCCCCCCCCC(=O)C(SSC[C@H](N)C(=O)O)[C@H](N)C(=O)O.[Na]. The Morgan fingerprint density at radius 2 is 1.36 bits per heavy atom. The van der Waals surface area contributed by atoms with Crippen molar-refractivity contribution in [2.75, 3.05) is 5.75 Å². The molecule has 0 aromatic heterocycles. The minimum Gasteiger partial charge on any atom is -0.480 e. The first-order chi connectivity index (χ1) is 12.8. The van der Waals surface area contributed by atoms with Crippen LogP contribution in [0.25, 0.3) is 0 Å². The fourth-order valence-electron chi connectivity index (χ4n) is 2.45. The number of carbonyl (C=O) groups excluding carboxylic acids is 1. The molecule has 159 valence electrons. The van der Waals surface area contributed by atoms with Gasteiger partial charge >= 0.3 is 11.9 Å². The predicted molar refractivity (Wildman–Crippen MR) is 118 cm³/mol. The van der Waals surface area contributed by atoms with Gasteiger partial charge in [-0.3, -0.25) is 14.4 Å². The van der Waals surface area contributed by atoms with E-state index in [4.69, 9.17) is 21.7 Å². The molecule has 0 aromatic rings. The topological polar surface area (TPSA) is 144 Å². The van der Waals surface area contributed by atoms with E-state index in [0.717, 1.165) is 47.3 Å². The van der Waals surface area contributed by atoms with Gasteiger partial charge in [0, 0.05) is 41.7 Å². The van der Waals surface area contributed by atoms with Crippen LogP contribution >= 0.6 is 21.6 Å². The Bertz CT molecular complexity index is 458. The summed E-state index contributed by atoms with van der Waals surface area (Å²) in [7, 11) is 2.08. The summed E-state index contributed by atoms with van der Waals surface area (Å²) in [4.78, 5) is 34.3. The molecule has 6 N–H and O–H groups in total. The number of Topliss-reactive ketones (excluding diaryl/α,β-unsaturated/α-hetero) is 1. The van der Waals surface area contributed by atoms with Crippen molar-refractivity contribution in [1.29, 1.82) is 0 Å². The second kappa shape index (κ2) is 19.2. The van der Waals surface area contributed by atoms with Gasteiger partial charge in [-0.15, -0.1) is 0 Å². The predicted octanol–water partition coefficient (Wildman–Crippen LogP) is 2.67. The van der Waals surface area contributed by atoms with Gasteiger partial charge in [0.1, 0.15) is 17.9 Å². The Balaban J connectivity index is 0. The van der Waals surface area contributed by atoms with E-state index >= 15 is 0 Å². The van der Waals surface area contributed by atoms with Gasteiger partial charge in [0.25, 0.3) is 0 Å². The third-order valence-electron chi connectivity index (χ3n) is 4.19. The number of unbranched alkanes of at least 4 members (excludes halogenated alkanes) is 8. The summed E-state index contributed by atoms with van der Waals surface area (Å²) in [5.74, 6) is -2.50. The summed E-state index contributed by atoms with van der Waals surface area (Å²) in [6.07, 6.45) is 10.5. The molecule has 10 heteroatoms. The van der Waals surface area contributed by atoms with Crippen LogP contribution in [-0.4, -0.2) is 80.6 Å². The number of aliphatic carboxylic acids is 2. The van der Waals surface area contributed by atoms with Crippen molar-refractivity contribution >= 4 is 68.9 Å². The maximum atomic E-state index is 12.4. The van der Waals surface area contributed by atoms with Crippen LogP contribution in [-0.2, 0) is 14.4 Å². The third-order valence-corrected chi connectivity index (χ3v) is 7.03. The summed E-state index contributed by atoms with van der Waals surface area (Å²) in [5, 5.41) is 17.0. The summed E-state index contributed by atoms with van der Waals surface area (Å²) in [5.41, 5.74) is 11.1. The second-order valence-corrected chi connectivity index (χ2v) is 9.21. The zero-order valence-corrected chi connectivity index (χ0v) is 20.7. The van der Waals surface area contributed by atoms with Crippen molar-refractivity contribution in [2.45, 2.75) is 88.5 Å². The number of hydrogen-bond acceptors (Lipinski definition) is 7. The van der Waals surface area contributed by atoms with Gasteiger partial charge in [-0.05, 0) is 6.42 Å². The number of carboxylic acids is 2. The molecule has 0 bridgehead atoms. The minimum absolute atomic E-state index is 0. The number of carboxylic acid groups (broad SMARTS) is 2. The standard InChI is InChI=1S/C18H34N2O5S2.Na/c1-2-3-4-5-6-7-8-9-10-11-14(21)16(15(20)18(24)25)27-26-12-13(19)17(22)23;/h13,15-16H,2-12,19-20H2,1H3,(H,22,23)(H,24,25);/t13-,15-,16?;/m0./s1. The van der Waals surface area contributed by atoms with Crippen molar-refractivity contribution in [1.82, 2.24) is 0 Å². The molecule has 0 saturated heterocycles. The monoisotopic (exact) mass is 445 g/mol. The molecule has 1 unspecified atom stereocenters. The number of nitrogens with two attached hydrogens (primary N) is 2. The van der Waals surface area contributed by atoms with E-state index in [1.165, 1.54) is 32.1 Å². The first-order valence-corrected chi connectivity index (χ1v) is 12.0. The van der Waals surface area contributed by atoms with Gasteiger partial charge in [0.2, 0.25) is 0 Å². The number of rotatable bonds is 18. The molecule has 28 heavy (non-hydrogen) atoms. The molecule has 0 fully saturated rings. The van der Waals surface area contributed by atoms with Crippen LogP contribution in [0.5, 0.6) is 0 Å². The molecule has 1 radical (unpaired) electrons. The summed E-state index contributed by atoms with van der Waals surface area (Å²) in [6, 6.07) is -2.37. The van der Waals surface area contributed by atoms with Gasteiger partial charge < -0.3 is 21.7 Å². The van der Waals surface area contributed by atoms with Gasteiger partial charge in [0.15, 0.2) is 0 Å². The van der Waals surface area contributed by atoms with Crippen molar-refractivity contribution < 1.29 is 24.6 Å². The molecule has 0 aliphatic rings. The van der Waals surface area contributed by atoms with Crippen LogP contribution in [0, 0.1) is 0 Å². The number of hydrogen-bond donors (Lipinski definition) is 4. The van der Waals surface area contributed by atoms with Crippen LogP contribution in [0.15, 0.2) is 0 Å². The van der Waals surface area contributed by atoms with Gasteiger partial charge in [-0.1, -0.05) is 79.9 Å². The molecule has 0 aliphatic heterocycles. The average molecular weight is 446 g/mol. The molecule has 0 aliphatic carbocycles. The average Bonchev–Trinajstić information content (AvgIpc) is 2.62. The van der Waals surface area contributed by atoms with Gasteiger partial charge in [0.05, 0.1) is 5.25 Å². The maximum absolute atomic E-state index is 12.4. The molecule has 0 amide bonds. The molecule has 0 heterocycles. The Morgan fingerprint density at radius 3 is 1.82 bits per heavy atom. The molecule has 0 saturated carbocycles. The van der Waals surface area contributed by atoms with E-state index in [1.807, 2.05) is 0 Å². The smallest absolute Gasteiger partial charge is 0.322 e. The zero-order chi connectivity index (χ0) is 20.7. The van der Waals surface area contributed by atoms with Crippen LogP contribution in [0.3, 0.4) is 0 Å². The first-order valence-electron chi connectivity index (χ1n) is 9.59. The Morgan fingerprint density at radius 1 is 0.857 bits per heavy atom. The second-order valence-electron chi connectivity index (χ2n) is 6.65. The van der Waals surface area contributed by atoms with E-state index < -0.39 is 29.3 Å². The normalized spacial score (nSPS) is 14.0. The largest absolute Gasteiger partial charge is 0.480 e. The molecular formula is C18H34N2NaO5S2.